The van der Waals surface area contributed by atoms with Crippen molar-refractivity contribution in [2.45, 2.75) is 80.8 Å². The zero-order valence-corrected chi connectivity index (χ0v) is 36.1. The highest BCUT2D eigenvalue weighted by Gasteiger charge is 2.41. The molecule has 0 heterocycles. The van der Waals surface area contributed by atoms with E-state index in [9.17, 15) is 44.3 Å². The van der Waals surface area contributed by atoms with E-state index in [0.717, 1.165) is 12.1 Å². The monoisotopic (exact) mass is 857 g/mol. The minimum Gasteiger partial charge on any atom is -0.367 e. The van der Waals surface area contributed by atoms with Gasteiger partial charge in [0.2, 0.25) is 0 Å². The van der Waals surface area contributed by atoms with Gasteiger partial charge in [0.1, 0.15) is 0 Å². The maximum Gasteiger partial charge on any atom is 0.418 e. The van der Waals surface area contributed by atoms with E-state index >= 15 is 0 Å². The number of amides is 2. The number of alkyl halides is 9. The van der Waals surface area contributed by atoms with E-state index in [0.29, 0.717) is 84.6 Å². The van der Waals surface area contributed by atoms with Gasteiger partial charge in [0, 0.05) is 52.4 Å². The van der Waals surface area contributed by atoms with E-state index < -0.39 is 52.6 Å². The normalized spacial score (nSPS) is 12.6. The van der Waals surface area contributed by atoms with Crippen molar-refractivity contribution in [1.82, 2.24) is 19.6 Å². The Morgan fingerprint density at radius 1 is 0.458 bits per heavy atom. The molecule has 0 saturated carbocycles. The van der Waals surface area contributed by atoms with Crippen molar-refractivity contribution in [3.63, 3.8) is 0 Å². The lowest BCUT2D eigenvalue weighted by atomic mass is 10.0. The van der Waals surface area contributed by atoms with E-state index in [-0.39, 0.29) is 49.2 Å². The number of anilines is 4. The molecule has 338 valence electrons. The largest absolute Gasteiger partial charge is 0.418 e. The van der Waals surface area contributed by atoms with Crippen LogP contribution in [0, 0.1) is 6.92 Å². The first-order valence-electron chi connectivity index (χ1n) is 20.6. The molecule has 2 aromatic rings. The van der Waals surface area contributed by atoms with E-state index in [2.05, 4.69) is 20.4 Å². The van der Waals surface area contributed by atoms with Gasteiger partial charge in [-0.25, -0.2) is 4.79 Å². The molecule has 0 unspecified atom stereocenters. The summed E-state index contributed by atoms with van der Waals surface area (Å²) in [6.45, 7) is 24.2. The van der Waals surface area contributed by atoms with Gasteiger partial charge in [0.05, 0.1) is 39.4 Å². The summed E-state index contributed by atoms with van der Waals surface area (Å²) in [6.07, 6.45) is -15.4. The Morgan fingerprint density at radius 2 is 0.763 bits per heavy atom. The molecule has 0 radical (unpaired) electrons. The number of hydrogen-bond donors (Lipinski definition) is 2. The van der Waals surface area contributed by atoms with Gasteiger partial charge in [-0.15, -0.1) is 0 Å². The van der Waals surface area contributed by atoms with Gasteiger partial charge in [-0.3, -0.25) is 0 Å². The Bertz CT molecular complexity index is 1540. The molecule has 9 nitrogen and oxygen atoms in total. The molecule has 0 aromatic heterocycles. The maximum atomic E-state index is 14.9. The number of hydrogen-bond acceptors (Lipinski definition) is 7. The van der Waals surface area contributed by atoms with E-state index in [4.69, 9.17) is 0 Å². The first-order valence-corrected chi connectivity index (χ1v) is 20.6. The van der Waals surface area contributed by atoms with E-state index in [1.165, 1.54) is 11.8 Å². The molecular formula is C41H65F9N8O. The fourth-order valence-corrected chi connectivity index (χ4v) is 7.06. The average Bonchev–Trinajstić information content (AvgIpc) is 3.16. The van der Waals surface area contributed by atoms with Crippen LogP contribution in [0.3, 0.4) is 0 Å². The second-order valence-corrected chi connectivity index (χ2v) is 14.3. The molecule has 0 aliphatic heterocycles. The molecule has 2 amide bonds. The molecule has 0 saturated heterocycles. The number of carbonyl (C=O) groups is 1. The van der Waals surface area contributed by atoms with Crippen molar-refractivity contribution in [2.75, 3.05) is 125 Å². The van der Waals surface area contributed by atoms with Gasteiger partial charge in [0.25, 0.3) is 0 Å². The number of urea groups is 1. The minimum absolute atomic E-state index is 0.0291. The summed E-state index contributed by atoms with van der Waals surface area (Å²) in [4.78, 5) is 25.4. The maximum absolute atomic E-state index is 14.9. The van der Waals surface area contributed by atoms with Crippen LogP contribution in [0.5, 0.6) is 0 Å². The molecule has 2 aromatic carbocycles. The predicted molar refractivity (Wildman–Crippen MR) is 221 cm³/mol. The van der Waals surface area contributed by atoms with Crippen LogP contribution >= 0.6 is 0 Å². The summed E-state index contributed by atoms with van der Waals surface area (Å²) < 4.78 is 131. The lowest BCUT2D eigenvalue weighted by Crippen LogP contribution is -2.41. The lowest BCUT2D eigenvalue weighted by molar-refractivity contribution is -0.142. The van der Waals surface area contributed by atoms with Crippen molar-refractivity contribution < 1.29 is 44.3 Å². The van der Waals surface area contributed by atoms with Crippen LogP contribution < -0.4 is 20.4 Å². The van der Waals surface area contributed by atoms with Gasteiger partial charge in [-0.05, 0) is 89.1 Å². The Labute approximate surface area is 344 Å². The Hall–Kier alpha value is -3.48. The van der Waals surface area contributed by atoms with Gasteiger partial charge < -0.3 is 40.0 Å². The van der Waals surface area contributed by atoms with Crippen molar-refractivity contribution in [1.29, 1.82) is 0 Å². The summed E-state index contributed by atoms with van der Waals surface area (Å²) in [7, 11) is 0. The first kappa shape index (κ1) is 51.7. The highest BCUT2D eigenvalue weighted by molar-refractivity contribution is 6.04. The number of nitrogens with zero attached hydrogens (tertiary/aromatic N) is 6. The topological polar surface area (TPSA) is 60.6 Å². The summed E-state index contributed by atoms with van der Waals surface area (Å²) in [5.41, 5.74) is -5.64. The molecule has 0 atom stereocenters. The average molecular weight is 857 g/mol. The van der Waals surface area contributed by atoms with Gasteiger partial charge >= 0.3 is 24.6 Å². The molecule has 0 fully saturated rings. The molecule has 2 rings (SSSR count). The van der Waals surface area contributed by atoms with Crippen LogP contribution in [0.2, 0.25) is 0 Å². The third-order valence-corrected chi connectivity index (χ3v) is 10.8. The molecule has 0 bridgehead atoms. The number of nitrogens with one attached hydrogen (secondary N) is 2. The Morgan fingerprint density at radius 3 is 1.07 bits per heavy atom. The van der Waals surface area contributed by atoms with Gasteiger partial charge in [0.15, 0.2) is 0 Å². The standard InChI is InChI=1S/C41H65F9N8O/c1-10-53(11-2)18-22-57(23-19-54(12-3)13-4)36-30(9)26-31(39(42,43)44)28-34(36)51-38(59)52-35-29-32(40(45,46)47)27-33(41(48,49)50)37(35)58(24-20-55(14-5)15-6)25-21-56(16-7)17-8/h26-29H,10-25H2,1-9H3,(H2,51,52,59). The quantitative estimate of drug-likeness (QED) is 0.102. The number of halogens is 9. The highest BCUT2D eigenvalue weighted by atomic mass is 19.4. The molecule has 0 aliphatic rings. The Balaban J connectivity index is 2.89. The summed E-state index contributed by atoms with van der Waals surface area (Å²) in [5, 5.41) is 4.67. The predicted octanol–water partition coefficient (Wildman–Crippen LogP) is 9.68. The van der Waals surface area contributed by atoms with Crippen molar-refractivity contribution in [3.05, 3.63) is 46.5 Å². The van der Waals surface area contributed by atoms with Crippen LogP contribution in [0.15, 0.2) is 24.3 Å². The van der Waals surface area contributed by atoms with Crippen LogP contribution in [0.1, 0.15) is 77.6 Å². The molecule has 0 spiro atoms. The second kappa shape index (κ2) is 23.5. The summed E-state index contributed by atoms with van der Waals surface area (Å²) in [6, 6.07) is 0.893. The molecule has 59 heavy (non-hydrogen) atoms. The minimum atomic E-state index is -5.28. The molecule has 0 aliphatic carbocycles. The number of rotatable bonds is 24. The second-order valence-electron chi connectivity index (χ2n) is 14.3. The van der Waals surface area contributed by atoms with Gasteiger partial charge in [-0.1, -0.05) is 55.4 Å². The number of likely N-dealkylation sites (N-methyl/N-ethyl adjacent to an activating group) is 4. The SMILES string of the molecule is CCN(CC)CCN(CCN(CC)CC)c1c(C)cc(C(F)(F)F)cc1NC(=O)Nc1cc(C(F)(F)F)cc(C(F)(F)F)c1N(CCN(CC)CC)CCN(CC)CC. The van der Waals surface area contributed by atoms with E-state index in [1.807, 2.05) is 70.1 Å². The fraction of sp³-hybridized carbons (Fsp3) is 0.683. The smallest absolute Gasteiger partial charge is 0.367 e. The van der Waals surface area contributed by atoms with Crippen LogP contribution in [0.25, 0.3) is 0 Å². The lowest BCUT2D eigenvalue weighted by Gasteiger charge is -2.34. The molecular weight excluding hydrogens is 791 g/mol. The first-order chi connectivity index (χ1) is 27.6. The highest BCUT2D eigenvalue weighted by Crippen LogP contribution is 2.45. The van der Waals surface area contributed by atoms with E-state index in [1.54, 1.807) is 0 Å². The summed E-state index contributed by atoms with van der Waals surface area (Å²) in [5.74, 6) is 0. The van der Waals surface area contributed by atoms with Crippen molar-refractivity contribution >= 4 is 28.8 Å². The van der Waals surface area contributed by atoms with Crippen LogP contribution in [-0.4, -0.2) is 130 Å². The van der Waals surface area contributed by atoms with Crippen molar-refractivity contribution in [3.8, 4) is 0 Å². The fourth-order valence-electron chi connectivity index (χ4n) is 7.06. The Kier molecular flexibility index (Phi) is 20.6. The number of benzene rings is 2. The zero-order valence-electron chi connectivity index (χ0n) is 36.1. The third kappa shape index (κ3) is 15.5. The third-order valence-electron chi connectivity index (χ3n) is 10.8. The summed E-state index contributed by atoms with van der Waals surface area (Å²) >= 11 is 0. The zero-order chi connectivity index (χ0) is 44.7. The molecule has 2 N–H and O–H groups in total. The number of carbonyl (C=O) groups excluding carboxylic acids is 1. The number of aryl methyl sites for hydroxylation is 1. The van der Waals surface area contributed by atoms with Crippen LogP contribution in [0.4, 0.5) is 67.1 Å². The van der Waals surface area contributed by atoms with Crippen LogP contribution in [-0.2, 0) is 18.5 Å². The van der Waals surface area contributed by atoms with Gasteiger partial charge in [-0.2, -0.15) is 39.5 Å². The molecule has 18 heteroatoms. The van der Waals surface area contributed by atoms with Crippen molar-refractivity contribution in [2.24, 2.45) is 0 Å².